The summed E-state index contributed by atoms with van der Waals surface area (Å²) in [5, 5.41) is 3.18. The molecule has 0 spiro atoms. The molecule has 0 saturated heterocycles. The summed E-state index contributed by atoms with van der Waals surface area (Å²) in [6, 6.07) is 9.18. The van der Waals surface area contributed by atoms with Crippen LogP contribution in [0.15, 0.2) is 30.3 Å². The van der Waals surface area contributed by atoms with Crippen molar-refractivity contribution in [2.24, 2.45) is 0 Å². The van der Waals surface area contributed by atoms with Crippen LogP contribution in [0.3, 0.4) is 0 Å². The third-order valence-corrected chi connectivity index (χ3v) is 2.64. The highest BCUT2D eigenvalue weighted by atomic mass is 14.8. The molecule has 0 aromatic heterocycles. The van der Waals surface area contributed by atoms with Crippen molar-refractivity contribution in [1.29, 1.82) is 0 Å². The quantitative estimate of drug-likeness (QED) is 0.790. The molecule has 1 atom stereocenters. The number of nitrogens with one attached hydrogen (secondary N) is 1. The van der Waals surface area contributed by atoms with Crippen molar-refractivity contribution in [3.8, 4) is 0 Å². The van der Waals surface area contributed by atoms with Crippen LogP contribution < -0.4 is 5.32 Å². The highest BCUT2D eigenvalue weighted by Gasteiger charge is 1.97. The molecule has 1 heteroatoms. The summed E-state index contributed by atoms with van der Waals surface area (Å²) in [5.41, 5.74) is 2.66. The molecule has 0 radical (unpaired) electrons. The van der Waals surface area contributed by atoms with Crippen molar-refractivity contribution in [3.05, 3.63) is 41.5 Å². The lowest BCUT2D eigenvalue weighted by molar-refractivity contribution is 0.731. The molecular weight excluding hydrogens is 182 g/mol. The van der Waals surface area contributed by atoms with Gasteiger partial charge in [0.15, 0.2) is 0 Å². The zero-order chi connectivity index (χ0) is 11.3. The van der Waals surface area contributed by atoms with Gasteiger partial charge in [-0.25, -0.2) is 0 Å². The minimum absolute atomic E-state index is 0.426. The Bertz CT molecular complexity index is 309. The van der Waals surface area contributed by atoms with Gasteiger partial charge in [0.1, 0.15) is 0 Å². The van der Waals surface area contributed by atoms with Gasteiger partial charge in [-0.3, -0.25) is 0 Å². The predicted octanol–water partition coefficient (Wildman–Crippen LogP) is 3.43. The van der Waals surface area contributed by atoms with E-state index in [0.717, 1.165) is 0 Å². The van der Waals surface area contributed by atoms with Crippen molar-refractivity contribution in [2.45, 2.75) is 32.7 Å². The Morgan fingerprint density at radius 2 is 1.67 bits per heavy atom. The fraction of sp³-hybridized carbons (Fsp3) is 0.429. The Balaban J connectivity index is 2.68. The van der Waals surface area contributed by atoms with Crippen molar-refractivity contribution in [3.63, 3.8) is 0 Å². The maximum absolute atomic E-state index is 3.18. The van der Waals surface area contributed by atoms with Crippen LogP contribution in [0.4, 0.5) is 0 Å². The summed E-state index contributed by atoms with van der Waals surface area (Å²) in [7, 11) is 1.97. The molecule has 0 fully saturated rings. The predicted molar refractivity (Wildman–Crippen MR) is 68.1 cm³/mol. The second-order valence-corrected chi connectivity index (χ2v) is 4.26. The first kappa shape index (κ1) is 12.0. The second kappa shape index (κ2) is 5.72. The molecule has 1 aromatic carbocycles. The van der Waals surface area contributed by atoms with Gasteiger partial charge < -0.3 is 5.32 Å². The van der Waals surface area contributed by atoms with Gasteiger partial charge in [-0.2, -0.15) is 0 Å². The number of hydrogen-bond acceptors (Lipinski definition) is 1. The standard InChI is InChI=1S/C14H21N/c1-11(2)14-9-7-13(8-10-14)6-5-12(3)15-4/h5-12,15H,1-4H3/b6-5+/t12-/m1/s1. The molecule has 1 rings (SSSR count). The van der Waals surface area contributed by atoms with E-state index < -0.39 is 0 Å². The van der Waals surface area contributed by atoms with E-state index in [9.17, 15) is 0 Å². The van der Waals surface area contributed by atoms with Crippen LogP contribution in [0.1, 0.15) is 37.8 Å². The molecule has 15 heavy (non-hydrogen) atoms. The Morgan fingerprint density at radius 3 is 2.13 bits per heavy atom. The SMILES string of the molecule is CN[C@H](C)/C=C/c1ccc(C(C)C)cc1. The van der Waals surface area contributed by atoms with E-state index in [1.807, 2.05) is 7.05 Å². The smallest absolute Gasteiger partial charge is 0.0221 e. The molecule has 0 unspecified atom stereocenters. The normalized spacial score (nSPS) is 13.7. The molecule has 1 nitrogen and oxygen atoms in total. The van der Waals surface area contributed by atoms with Crippen LogP contribution in [0, 0.1) is 0 Å². The third-order valence-electron chi connectivity index (χ3n) is 2.64. The molecule has 82 valence electrons. The minimum atomic E-state index is 0.426. The highest BCUT2D eigenvalue weighted by Crippen LogP contribution is 2.15. The summed E-state index contributed by atoms with van der Waals surface area (Å²) >= 11 is 0. The molecule has 0 aliphatic rings. The summed E-state index contributed by atoms with van der Waals surface area (Å²) in [6.45, 7) is 6.57. The number of rotatable bonds is 4. The van der Waals surface area contributed by atoms with Gasteiger partial charge in [-0.05, 0) is 31.0 Å². The molecule has 1 aromatic rings. The highest BCUT2D eigenvalue weighted by molar-refractivity contribution is 5.50. The largest absolute Gasteiger partial charge is 0.314 e. The summed E-state index contributed by atoms with van der Waals surface area (Å²) in [5.74, 6) is 0.610. The van der Waals surface area contributed by atoms with E-state index in [2.05, 4.69) is 62.5 Å². The van der Waals surface area contributed by atoms with Crippen LogP contribution in [-0.2, 0) is 0 Å². The average Bonchev–Trinajstić information content (AvgIpc) is 2.26. The lowest BCUT2D eigenvalue weighted by Crippen LogP contribution is -2.17. The zero-order valence-electron chi connectivity index (χ0n) is 10.1. The third kappa shape index (κ3) is 3.88. The first-order valence-corrected chi connectivity index (χ1v) is 5.59. The van der Waals surface area contributed by atoms with Crippen molar-refractivity contribution in [1.82, 2.24) is 5.32 Å². The fourth-order valence-electron chi connectivity index (χ4n) is 1.34. The van der Waals surface area contributed by atoms with Crippen molar-refractivity contribution in [2.75, 3.05) is 7.05 Å². The summed E-state index contributed by atoms with van der Waals surface area (Å²) < 4.78 is 0. The maximum Gasteiger partial charge on any atom is 0.0221 e. The van der Waals surface area contributed by atoms with Crippen LogP contribution in [0.2, 0.25) is 0 Å². The zero-order valence-corrected chi connectivity index (χ0v) is 10.1. The summed E-state index contributed by atoms with van der Waals surface area (Å²) in [4.78, 5) is 0. The first-order valence-electron chi connectivity index (χ1n) is 5.59. The lowest BCUT2D eigenvalue weighted by atomic mass is 10.0. The van der Waals surface area contributed by atoms with Gasteiger partial charge >= 0.3 is 0 Å². The Hall–Kier alpha value is -1.08. The molecule has 1 N–H and O–H groups in total. The molecule has 0 aliphatic carbocycles. The average molecular weight is 203 g/mol. The number of benzene rings is 1. The summed E-state index contributed by atoms with van der Waals surface area (Å²) in [6.07, 6.45) is 4.33. The molecule has 0 aliphatic heterocycles. The maximum atomic E-state index is 3.18. The second-order valence-electron chi connectivity index (χ2n) is 4.26. The topological polar surface area (TPSA) is 12.0 Å². The van der Waals surface area contributed by atoms with E-state index >= 15 is 0 Å². The monoisotopic (exact) mass is 203 g/mol. The van der Waals surface area contributed by atoms with Gasteiger partial charge in [-0.1, -0.05) is 50.3 Å². The van der Waals surface area contributed by atoms with Crippen LogP contribution in [-0.4, -0.2) is 13.1 Å². The van der Waals surface area contributed by atoms with E-state index in [4.69, 9.17) is 0 Å². The van der Waals surface area contributed by atoms with Crippen molar-refractivity contribution < 1.29 is 0 Å². The molecule has 0 amide bonds. The van der Waals surface area contributed by atoms with E-state index in [-0.39, 0.29) is 0 Å². The number of hydrogen-bond donors (Lipinski definition) is 1. The van der Waals surface area contributed by atoms with E-state index in [1.165, 1.54) is 11.1 Å². The fourth-order valence-corrected chi connectivity index (χ4v) is 1.34. The van der Waals surface area contributed by atoms with Gasteiger partial charge in [-0.15, -0.1) is 0 Å². The molecule has 0 heterocycles. The van der Waals surface area contributed by atoms with E-state index in [1.54, 1.807) is 0 Å². The Labute approximate surface area is 93.2 Å². The van der Waals surface area contributed by atoms with Gasteiger partial charge in [0.2, 0.25) is 0 Å². The Morgan fingerprint density at radius 1 is 1.07 bits per heavy atom. The molecule has 0 saturated carbocycles. The van der Waals surface area contributed by atoms with E-state index in [0.29, 0.717) is 12.0 Å². The Kier molecular flexibility index (Phi) is 4.57. The molecular formula is C14H21N. The lowest BCUT2D eigenvalue weighted by Gasteiger charge is -2.05. The minimum Gasteiger partial charge on any atom is -0.314 e. The van der Waals surface area contributed by atoms with Gasteiger partial charge in [0, 0.05) is 6.04 Å². The van der Waals surface area contributed by atoms with Crippen LogP contribution in [0.5, 0.6) is 0 Å². The van der Waals surface area contributed by atoms with Crippen LogP contribution in [0.25, 0.3) is 6.08 Å². The molecule has 0 bridgehead atoms. The van der Waals surface area contributed by atoms with Gasteiger partial charge in [0.25, 0.3) is 0 Å². The first-order chi connectivity index (χ1) is 7.13. The van der Waals surface area contributed by atoms with Crippen molar-refractivity contribution >= 4 is 6.08 Å². The van der Waals surface area contributed by atoms with Crippen LogP contribution >= 0.6 is 0 Å². The number of likely N-dealkylation sites (N-methyl/N-ethyl adjacent to an activating group) is 1. The van der Waals surface area contributed by atoms with Gasteiger partial charge in [0.05, 0.1) is 0 Å².